The fraction of sp³-hybridized carbons (Fsp3) is 0.692. The molecule has 2 N–H and O–H groups in total. The first-order valence-corrected chi connectivity index (χ1v) is 6.46. The molecule has 4 heteroatoms. The number of aromatic nitrogens is 1. The summed E-state index contributed by atoms with van der Waals surface area (Å²) in [6.07, 6.45) is 4.25. The van der Waals surface area contributed by atoms with Gasteiger partial charge in [-0.15, -0.1) is 0 Å². The molecule has 0 aliphatic carbocycles. The quantitative estimate of drug-likeness (QED) is 0.771. The van der Waals surface area contributed by atoms with E-state index in [1.54, 1.807) is 0 Å². The third-order valence-electron chi connectivity index (χ3n) is 3.28. The van der Waals surface area contributed by atoms with Gasteiger partial charge in [0.15, 0.2) is 0 Å². The second-order valence-electron chi connectivity index (χ2n) is 4.76. The topological polar surface area (TPSA) is 40.3 Å². The van der Waals surface area contributed by atoms with Crippen molar-refractivity contribution >= 4 is 0 Å². The fourth-order valence-corrected chi connectivity index (χ4v) is 2.13. The average molecular weight is 237 g/mol. The largest absolute Gasteiger partial charge is 0.379 e. The van der Waals surface area contributed by atoms with Crippen LogP contribution in [0.1, 0.15) is 12.1 Å². The highest BCUT2D eigenvalue weighted by atomic mass is 16.5. The molecule has 0 saturated carbocycles. The Morgan fingerprint density at radius 1 is 1.47 bits per heavy atom. The predicted octanol–water partition coefficient (Wildman–Crippen LogP) is 0.867. The van der Waals surface area contributed by atoms with Crippen LogP contribution >= 0.6 is 0 Å². The van der Waals surface area contributed by atoms with Gasteiger partial charge in [0.2, 0.25) is 0 Å². The molecule has 0 spiro atoms. The molecule has 1 atom stereocenters. The van der Waals surface area contributed by atoms with E-state index < -0.39 is 0 Å². The lowest BCUT2D eigenvalue weighted by molar-refractivity contribution is 0.0711. The average Bonchev–Trinajstić information content (AvgIpc) is 2.88. The Kier molecular flexibility index (Phi) is 5.04. The Balaban J connectivity index is 1.58. The van der Waals surface area contributed by atoms with E-state index in [1.807, 2.05) is 6.20 Å². The van der Waals surface area contributed by atoms with Crippen LogP contribution < -0.4 is 5.32 Å². The van der Waals surface area contributed by atoms with Crippen LogP contribution in [0.5, 0.6) is 0 Å². The van der Waals surface area contributed by atoms with Gasteiger partial charge in [0.1, 0.15) is 0 Å². The highest BCUT2D eigenvalue weighted by Gasteiger charge is 2.13. The Bertz CT molecular complexity index is 294. The molecule has 0 bridgehead atoms. The van der Waals surface area contributed by atoms with Crippen LogP contribution in [-0.2, 0) is 11.2 Å². The molecule has 1 aromatic rings. The fourth-order valence-electron chi connectivity index (χ4n) is 2.13. The zero-order valence-electron chi connectivity index (χ0n) is 10.6. The molecule has 1 aliphatic rings. The van der Waals surface area contributed by atoms with Gasteiger partial charge in [0.05, 0.1) is 13.2 Å². The number of aromatic amines is 1. The van der Waals surface area contributed by atoms with E-state index in [9.17, 15) is 0 Å². The second kappa shape index (κ2) is 6.79. The van der Waals surface area contributed by atoms with Gasteiger partial charge in [-0.05, 0) is 32.1 Å². The summed E-state index contributed by atoms with van der Waals surface area (Å²) >= 11 is 0. The molecular formula is C13H23N3O. The first-order chi connectivity index (χ1) is 8.34. The van der Waals surface area contributed by atoms with E-state index in [2.05, 4.69) is 34.4 Å². The van der Waals surface area contributed by atoms with Crippen molar-refractivity contribution in [2.45, 2.75) is 18.9 Å². The minimum Gasteiger partial charge on any atom is -0.379 e. The van der Waals surface area contributed by atoms with Gasteiger partial charge < -0.3 is 19.9 Å². The van der Waals surface area contributed by atoms with Crippen LogP contribution in [-0.4, -0.2) is 55.8 Å². The normalized spacial score (nSPS) is 20.9. The maximum absolute atomic E-state index is 5.45. The molecule has 1 aliphatic heterocycles. The number of hydrogen-bond acceptors (Lipinski definition) is 3. The number of ether oxygens (including phenoxy) is 1. The molecule has 1 aromatic heterocycles. The molecule has 1 unspecified atom stereocenters. The highest BCUT2D eigenvalue weighted by molar-refractivity contribution is 5.03. The summed E-state index contributed by atoms with van der Waals surface area (Å²) in [5.41, 5.74) is 1.32. The number of likely N-dealkylation sites (N-methyl/N-ethyl adjacent to an activating group) is 1. The van der Waals surface area contributed by atoms with E-state index in [4.69, 9.17) is 4.74 Å². The highest BCUT2D eigenvalue weighted by Crippen LogP contribution is 2.01. The number of rotatable bonds is 6. The number of morpholine rings is 1. The lowest BCUT2D eigenvalue weighted by Crippen LogP contribution is -2.43. The van der Waals surface area contributed by atoms with E-state index in [0.717, 1.165) is 39.3 Å². The molecule has 17 heavy (non-hydrogen) atoms. The van der Waals surface area contributed by atoms with Gasteiger partial charge in [0.25, 0.3) is 0 Å². The number of nitrogens with zero attached hydrogens (tertiary/aromatic N) is 1. The standard InChI is InChI=1S/C13H23N3O/c1-16(8-4-12-3-2-6-14-12)9-5-13-11-17-10-7-15-13/h2-3,6,13-15H,4-5,7-11H2,1H3. The van der Waals surface area contributed by atoms with E-state index in [0.29, 0.717) is 6.04 Å². The van der Waals surface area contributed by atoms with Crippen molar-refractivity contribution in [1.29, 1.82) is 0 Å². The lowest BCUT2D eigenvalue weighted by Gasteiger charge is -2.26. The summed E-state index contributed by atoms with van der Waals surface area (Å²) in [6, 6.07) is 4.74. The minimum absolute atomic E-state index is 0.539. The van der Waals surface area contributed by atoms with Crippen molar-refractivity contribution < 1.29 is 4.74 Å². The number of hydrogen-bond donors (Lipinski definition) is 2. The zero-order valence-corrected chi connectivity index (χ0v) is 10.6. The summed E-state index contributed by atoms with van der Waals surface area (Å²) in [5.74, 6) is 0. The van der Waals surface area contributed by atoms with E-state index >= 15 is 0 Å². The molecule has 2 rings (SSSR count). The summed E-state index contributed by atoms with van der Waals surface area (Å²) < 4.78 is 5.45. The maximum atomic E-state index is 5.45. The van der Waals surface area contributed by atoms with Gasteiger partial charge in [-0.2, -0.15) is 0 Å². The molecule has 4 nitrogen and oxygen atoms in total. The van der Waals surface area contributed by atoms with Crippen LogP contribution in [0.25, 0.3) is 0 Å². The Morgan fingerprint density at radius 3 is 3.12 bits per heavy atom. The van der Waals surface area contributed by atoms with Crippen molar-refractivity contribution in [3.05, 3.63) is 24.0 Å². The van der Waals surface area contributed by atoms with Gasteiger partial charge >= 0.3 is 0 Å². The van der Waals surface area contributed by atoms with Crippen molar-refractivity contribution in [3.63, 3.8) is 0 Å². The SMILES string of the molecule is CN(CCc1ccc[nH]1)CCC1COCCN1. The first-order valence-electron chi connectivity index (χ1n) is 6.46. The van der Waals surface area contributed by atoms with Crippen molar-refractivity contribution in [3.8, 4) is 0 Å². The van der Waals surface area contributed by atoms with Gasteiger partial charge in [0, 0.05) is 37.4 Å². The number of H-pyrrole nitrogens is 1. The molecule has 2 heterocycles. The molecular weight excluding hydrogens is 214 g/mol. The van der Waals surface area contributed by atoms with Gasteiger partial charge in [-0.1, -0.05) is 0 Å². The van der Waals surface area contributed by atoms with Crippen LogP contribution in [0.4, 0.5) is 0 Å². The summed E-state index contributed by atoms with van der Waals surface area (Å²) in [7, 11) is 2.19. The van der Waals surface area contributed by atoms with Crippen LogP contribution in [0, 0.1) is 0 Å². The molecule has 1 fully saturated rings. The Morgan fingerprint density at radius 2 is 2.41 bits per heavy atom. The monoisotopic (exact) mass is 237 g/mol. The van der Waals surface area contributed by atoms with Crippen molar-refractivity contribution in [2.24, 2.45) is 0 Å². The van der Waals surface area contributed by atoms with Crippen molar-refractivity contribution in [1.82, 2.24) is 15.2 Å². The van der Waals surface area contributed by atoms with Crippen LogP contribution in [0.15, 0.2) is 18.3 Å². The zero-order chi connectivity index (χ0) is 11.9. The molecule has 96 valence electrons. The smallest absolute Gasteiger partial charge is 0.0620 e. The van der Waals surface area contributed by atoms with E-state index in [-0.39, 0.29) is 0 Å². The molecule has 0 amide bonds. The van der Waals surface area contributed by atoms with E-state index in [1.165, 1.54) is 12.1 Å². The minimum atomic E-state index is 0.539. The first kappa shape index (κ1) is 12.6. The summed E-state index contributed by atoms with van der Waals surface area (Å²) in [6.45, 7) is 4.95. The van der Waals surface area contributed by atoms with Gasteiger partial charge in [-0.25, -0.2) is 0 Å². The second-order valence-corrected chi connectivity index (χ2v) is 4.76. The predicted molar refractivity (Wildman–Crippen MR) is 69.2 cm³/mol. The Hall–Kier alpha value is -0.840. The third-order valence-corrected chi connectivity index (χ3v) is 3.28. The van der Waals surface area contributed by atoms with Crippen LogP contribution in [0.2, 0.25) is 0 Å². The maximum Gasteiger partial charge on any atom is 0.0620 e. The molecule has 0 radical (unpaired) electrons. The molecule has 0 aromatic carbocycles. The third kappa shape index (κ3) is 4.50. The van der Waals surface area contributed by atoms with Crippen LogP contribution in [0.3, 0.4) is 0 Å². The molecule has 1 saturated heterocycles. The van der Waals surface area contributed by atoms with Crippen molar-refractivity contribution in [2.75, 3.05) is 39.9 Å². The lowest BCUT2D eigenvalue weighted by atomic mass is 10.2. The summed E-state index contributed by atoms with van der Waals surface area (Å²) in [5, 5.41) is 3.49. The Labute approximate surface area is 103 Å². The summed E-state index contributed by atoms with van der Waals surface area (Å²) in [4.78, 5) is 5.63. The van der Waals surface area contributed by atoms with Gasteiger partial charge in [-0.3, -0.25) is 0 Å². The number of nitrogens with one attached hydrogen (secondary N) is 2.